The predicted molar refractivity (Wildman–Crippen MR) is 59.7 cm³/mol. The zero-order valence-electron chi connectivity index (χ0n) is 9.59. The Labute approximate surface area is 99.1 Å². The monoisotopic (exact) mass is 235 g/mol. The fraction of sp³-hybridized carbons (Fsp3) is 0.417. The van der Waals surface area contributed by atoms with Crippen LogP contribution in [0, 0.1) is 0 Å². The third kappa shape index (κ3) is 2.50. The average Bonchev–Trinajstić information content (AvgIpc) is 2.78. The quantitative estimate of drug-likeness (QED) is 0.578. The summed E-state index contributed by atoms with van der Waals surface area (Å²) in [7, 11) is 0. The van der Waals surface area contributed by atoms with Crippen LogP contribution in [0.4, 0.5) is 0 Å². The lowest BCUT2D eigenvalue weighted by molar-refractivity contribution is -0.719. The van der Waals surface area contributed by atoms with Gasteiger partial charge in [-0.05, 0) is 13.0 Å². The fourth-order valence-electron chi connectivity index (χ4n) is 2.06. The highest BCUT2D eigenvalue weighted by Crippen LogP contribution is 2.14. The van der Waals surface area contributed by atoms with E-state index in [4.69, 9.17) is 5.11 Å². The smallest absolute Gasteiger partial charge is 0.320 e. The van der Waals surface area contributed by atoms with Gasteiger partial charge >= 0.3 is 5.97 Å². The van der Waals surface area contributed by atoms with E-state index in [2.05, 4.69) is 5.32 Å². The number of aromatic nitrogens is 1. The molecular weight excluding hydrogens is 220 g/mol. The van der Waals surface area contributed by atoms with Crippen molar-refractivity contribution < 1.29 is 19.3 Å². The molecule has 2 heterocycles. The highest BCUT2D eigenvalue weighted by atomic mass is 16.4. The van der Waals surface area contributed by atoms with Crippen molar-refractivity contribution in [3.63, 3.8) is 0 Å². The molecule has 0 spiro atoms. The summed E-state index contributed by atoms with van der Waals surface area (Å²) in [6.45, 7) is 2.13. The lowest BCUT2D eigenvalue weighted by Gasteiger charge is -2.04. The van der Waals surface area contributed by atoms with Crippen molar-refractivity contribution in [3.8, 4) is 0 Å². The molecular formula is C12H15N2O3+. The summed E-state index contributed by atoms with van der Waals surface area (Å²) >= 11 is 0. The lowest BCUT2D eigenvalue weighted by Crippen LogP contribution is -2.40. The van der Waals surface area contributed by atoms with Gasteiger partial charge in [0, 0.05) is 12.5 Å². The van der Waals surface area contributed by atoms with Crippen molar-refractivity contribution in [2.24, 2.45) is 0 Å². The number of aliphatic carboxylic acids is 1. The van der Waals surface area contributed by atoms with Crippen molar-refractivity contribution in [2.75, 3.05) is 6.54 Å². The number of nitrogens with zero attached hydrogens (tertiary/aromatic N) is 1. The molecule has 1 fully saturated rings. The van der Waals surface area contributed by atoms with E-state index >= 15 is 0 Å². The number of ketones is 1. The highest BCUT2D eigenvalue weighted by Gasteiger charge is 2.34. The zero-order chi connectivity index (χ0) is 12.4. The van der Waals surface area contributed by atoms with Gasteiger partial charge in [-0.1, -0.05) is 0 Å². The van der Waals surface area contributed by atoms with Gasteiger partial charge in [0.2, 0.25) is 0 Å². The number of hydrogen-bond donors (Lipinski definition) is 2. The number of hydrogen-bond acceptors (Lipinski definition) is 3. The van der Waals surface area contributed by atoms with E-state index in [0.29, 0.717) is 18.5 Å². The summed E-state index contributed by atoms with van der Waals surface area (Å²) in [4.78, 5) is 22.1. The van der Waals surface area contributed by atoms with Crippen molar-refractivity contribution in [2.45, 2.75) is 25.4 Å². The van der Waals surface area contributed by atoms with Crippen LogP contribution in [0.5, 0.6) is 0 Å². The Morgan fingerprint density at radius 2 is 2.29 bits per heavy atom. The summed E-state index contributed by atoms with van der Waals surface area (Å²) in [6.07, 6.45) is 4.18. The van der Waals surface area contributed by atoms with E-state index in [9.17, 15) is 9.59 Å². The molecule has 0 aromatic carbocycles. The van der Waals surface area contributed by atoms with E-state index in [1.54, 1.807) is 12.3 Å². The van der Waals surface area contributed by atoms with Crippen molar-refractivity contribution in [3.05, 3.63) is 30.1 Å². The third-order valence-corrected chi connectivity index (χ3v) is 3.06. The summed E-state index contributed by atoms with van der Waals surface area (Å²) in [5.41, 5.74) is 0.645. The van der Waals surface area contributed by atoms with Crippen LogP contribution in [-0.2, 0) is 4.79 Å². The van der Waals surface area contributed by atoms with Crippen LogP contribution in [0.3, 0.4) is 0 Å². The molecule has 0 bridgehead atoms. The Morgan fingerprint density at radius 1 is 1.53 bits per heavy atom. The van der Waals surface area contributed by atoms with Gasteiger partial charge in [-0.25, -0.2) is 4.57 Å². The summed E-state index contributed by atoms with van der Waals surface area (Å²) in [5, 5.41) is 11.8. The van der Waals surface area contributed by atoms with Gasteiger partial charge in [0.15, 0.2) is 24.2 Å². The first-order valence-corrected chi connectivity index (χ1v) is 5.56. The van der Waals surface area contributed by atoms with Gasteiger partial charge in [0.1, 0.15) is 6.04 Å². The third-order valence-electron chi connectivity index (χ3n) is 3.06. The molecule has 2 N–H and O–H groups in total. The van der Waals surface area contributed by atoms with Crippen molar-refractivity contribution in [1.29, 1.82) is 0 Å². The topological polar surface area (TPSA) is 70.3 Å². The maximum absolute atomic E-state index is 11.3. The maximum atomic E-state index is 11.3. The predicted octanol–water partition coefficient (Wildman–Crippen LogP) is 0.164. The molecule has 0 radical (unpaired) electrons. The van der Waals surface area contributed by atoms with Crippen LogP contribution in [0.25, 0.3) is 0 Å². The zero-order valence-corrected chi connectivity index (χ0v) is 9.59. The second-order valence-corrected chi connectivity index (χ2v) is 4.28. The minimum Gasteiger partial charge on any atom is -0.480 e. The van der Waals surface area contributed by atoms with E-state index in [1.807, 2.05) is 16.8 Å². The molecule has 1 aromatic heterocycles. The molecule has 1 aliphatic rings. The van der Waals surface area contributed by atoms with Gasteiger partial charge < -0.3 is 5.11 Å². The number of carboxylic acid groups (broad SMARTS) is 1. The van der Waals surface area contributed by atoms with Gasteiger partial charge in [-0.2, -0.15) is 0 Å². The van der Waals surface area contributed by atoms with Crippen molar-refractivity contribution in [1.82, 2.24) is 5.32 Å². The number of nitrogens with one attached hydrogen (secondary N) is 1. The van der Waals surface area contributed by atoms with Gasteiger partial charge in [0.25, 0.3) is 0 Å². The first kappa shape index (κ1) is 11.7. The largest absolute Gasteiger partial charge is 0.480 e. The lowest BCUT2D eigenvalue weighted by atomic mass is 10.1. The molecule has 0 aliphatic carbocycles. The SMILES string of the molecule is CC(=O)c1ccc[n+]([C@@H]2CN[C@H](C(=O)O)C2)c1. The van der Waals surface area contributed by atoms with E-state index in [0.717, 1.165) is 0 Å². The molecule has 0 saturated carbocycles. The molecule has 1 saturated heterocycles. The first-order valence-electron chi connectivity index (χ1n) is 5.56. The molecule has 1 aliphatic heterocycles. The number of carboxylic acids is 1. The van der Waals surface area contributed by atoms with E-state index in [1.165, 1.54) is 6.92 Å². The highest BCUT2D eigenvalue weighted by molar-refractivity contribution is 5.93. The van der Waals surface area contributed by atoms with E-state index < -0.39 is 12.0 Å². The van der Waals surface area contributed by atoms with Gasteiger partial charge in [-0.3, -0.25) is 14.9 Å². The van der Waals surface area contributed by atoms with E-state index in [-0.39, 0.29) is 11.8 Å². The first-order chi connectivity index (χ1) is 8.08. The normalized spacial score (nSPS) is 23.6. The Balaban J connectivity index is 2.16. The second kappa shape index (κ2) is 4.63. The van der Waals surface area contributed by atoms with Crippen LogP contribution in [0.15, 0.2) is 24.5 Å². The molecule has 1 aromatic rings. The number of carbonyl (C=O) groups excluding carboxylic acids is 1. The molecule has 90 valence electrons. The maximum Gasteiger partial charge on any atom is 0.320 e. The molecule has 0 amide bonds. The molecule has 0 unspecified atom stereocenters. The summed E-state index contributed by atoms with van der Waals surface area (Å²) < 4.78 is 1.91. The van der Waals surface area contributed by atoms with Crippen LogP contribution >= 0.6 is 0 Å². The number of rotatable bonds is 3. The number of pyridine rings is 1. The number of Topliss-reactive ketones (excluding diaryl/α,β-unsaturated/α-hetero) is 1. The minimum absolute atomic E-state index is 0.0140. The van der Waals surface area contributed by atoms with Gasteiger partial charge in [0.05, 0.1) is 12.1 Å². The molecule has 5 heteroatoms. The average molecular weight is 235 g/mol. The van der Waals surface area contributed by atoms with Crippen LogP contribution < -0.4 is 9.88 Å². The Kier molecular flexibility index (Phi) is 3.19. The Bertz CT molecular complexity index is 459. The van der Waals surface area contributed by atoms with Crippen LogP contribution in [0.2, 0.25) is 0 Å². The van der Waals surface area contributed by atoms with Crippen molar-refractivity contribution >= 4 is 11.8 Å². The summed E-state index contributed by atoms with van der Waals surface area (Å²) in [6, 6.07) is 3.17. The molecule has 2 atom stereocenters. The van der Waals surface area contributed by atoms with Crippen LogP contribution in [0.1, 0.15) is 29.7 Å². The molecule has 17 heavy (non-hydrogen) atoms. The minimum atomic E-state index is -0.823. The second-order valence-electron chi connectivity index (χ2n) is 4.28. The molecule has 5 nitrogen and oxygen atoms in total. The summed E-state index contributed by atoms with van der Waals surface area (Å²) in [5.74, 6) is -0.809. The fourth-order valence-corrected chi connectivity index (χ4v) is 2.06. The number of carbonyl (C=O) groups is 2. The van der Waals surface area contributed by atoms with Crippen LogP contribution in [-0.4, -0.2) is 29.4 Å². The Hall–Kier alpha value is -1.75. The standard InChI is InChI=1S/C12H14N2O3/c1-8(15)9-3-2-4-14(7-9)10-5-11(12(16)17)13-6-10/h2-4,7,10-11,13H,5-6H2,1H3/p+1/t10-,11-/m0/s1. The Morgan fingerprint density at radius 3 is 2.88 bits per heavy atom. The van der Waals surface area contributed by atoms with Gasteiger partial charge in [-0.15, -0.1) is 0 Å². The molecule has 2 rings (SSSR count).